The van der Waals surface area contributed by atoms with E-state index in [0.29, 0.717) is 22.6 Å². The van der Waals surface area contributed by atoms with Crippen LogP contribution in [0.3, 0.4) is 0 Å². The number of aliphatic carboxylic acids is 1. The first kappa shape index (κ1) is 19.0. The molecule has 1 N–H and O–H groups in total. The lowest BCUT2D eigenvalue weighted by molar-refractivity contribution is -0.135. The molecular formula is C19H17FN4O4. The van der Waals surface area contributed by atoms with E-state index in [2.05, 4.69) is 15.0 Å². The van der Waals surface area contributed by atoms with Gasteiger partial charge in [0.15, 0.2) is 5.75 Å². The van der Waals surface area contributed by atoms with Crippen molar-refractivity contribution >= 4 is 11.9 Å². The summed E-state index contributed by atoms with van der Waals surface area (Å²) in [5.74, 6) is -0.230. The number of hydrogen-bond donors (Lipinski definition) is 1. The highest BCUT2D eigenvalue weighted by molar-refractivity contribution is 5.74. The number of carbonyl (C=O) groups is 1. The first-order chi connectivity index (χ1) is 13.5. The predicted octanol–water partition coefficient (Wildman–Crippen LogP) is 3.00. The maximum atomic E-state index is 13.5. The first-order valence-corrected chi connectivity index (χ1v) is 8.19. The number of nitrogens with zero attached hydrogens (tertiary/aromatic N) is 4. The van der Waals surface area contributed by atoms with Gasteiger partial charge in [-0.2, -0.15) is 0 Å². The van der Waals surface area contributed by atoms with Crippen LogP contribution in [0.5, 0.6) is 17.4 Å². The molecule has 3 rings (SSSR count). The molecule has 8 nitrogen and oxygen atoms in total. The van der Waals surface area contributed by atoms with E-state index >= 15 is 0 Å². The van der Waals surface area contributed by atoms with Crippen LogP contribution in [-0.4, -0.2) is 46.7 Å². The Hall–Kier alpha value is -3.75. The van der Waals surface area contributed by atoms with Crippen LogP contribution < -0.4 is 14.4 Å². The average Bonchev–Trinajstić information content (AvgIpc) is 2.68. The van der Waals surface area contributed by atoms with Gasteiger partial charge in [0.2, 0.25) is 11.8 Å². The van der Waals surface area contributed by atoms with Gasteiger partial charge in [0, 0.05) is 30.4 Å². The third-order valence-corrected chi connectivity index (χ3v) is 3.77. The number of ether oxygens (including phenoxy) is 2. The third kappa shape index (κ3) is 4.32. The number of likely N-dealkylation sites (N-methyl/N-ethyl adjacent to an activating group) is 1. The quantitative estimate of drug-likeness (QED) is 0.664. The van der Waals surface area contributed by atoms with Crippen molar-refractivity contribution < 1.29 is 23.8 Å². The molecule has 0 aliphatic rings. The lowest BCUT2D eigenvalue weighted by atomic mass is 10.1. The molecule has 0 spiro atoms. The highest BCUT2D eigenvalue weighted by Crippen LogP contribution is 2.37. The minimum atomic E-state index is -0.988. The molecule has 1 aromatic carbocycles. The molecule has 2 aromatic heterocycles. The van der Waals surface area contributed by atoms with Crippen LogP contribution in [0.2, 0.25) is 0 Å². The van der Waals surface area contributed by atoms with Crippen molar-refractivity contribution in [3.8, 4) is 28.5 Å². The van der Waals surface area contributed by atoms with Crippen LogP contribution in [0.25, 0.3) is 11.1 Å². The van der Waals surface area contributed by atoms with Crippen molar-refractivity contribution in [2.75, 3.05) is 25.6 Å². The minimum absolute atomic E-state index is 0.227. The highest BCUT2D eigenvalue weighted by Gasteiger charge is 2.15. The SMILES string of the molecule is COc1cc(F)ccc1-c1cccnc1Oc1cnc(N(C)CC(=O)O)nc1. The molecule has 0 amide bonds. The zero-order valence-electron chi connectivity index (χ0n) is 15.2. The molecular weight excluding hydrogens is 367 g/mol. The minimum Gasteiger partial charge on any atom is -0.496 e. The Morgan fingerprint density at radius 3 is 2.61 bits per heavy atom. The molecule has 2 heterocycles. The number of carboxylic acids is 1. The van der Waals surface area contributed by atoms with E-state index in [0.717, 1.165) is 0 Å². The van der Waals surface area contributed by atoms with Crippen molar-refractivity contribution in [2.45, 2.75) is 0 Å². The van der Waals surface area contributed by atoms with Crippen LogP contribution >= 0.6 is 0 Å². The molecule has 0 unspecified atom stereocenters. The van der Waals surface area contributed by atoms with Crippen molar-refractivity contribution in [1.29, 1.82) is 0 Å². The standard InChI is InChI=1S/C19H17FN4O4/c1-24(11-17(25)26)19-22-9-13(10-23-19)28-18-15(4-3-7-21-18)14-6-5-12(20)8-16(14)27-2/h3-10H,11H2,1-2H3,(H,25,26). The Kier molecular flexibility index (Phi) is 5.64. The number of methoxy groups -OCH3 is 1. The summed E-state index contributed by atoms with van der Waals surface area (Å²) < 4.78 is 24.5. The summed E-state index contributed by atoms with van der Waals surface area (Å²) in [5, 5.41) is 8.83. The smallest absolute Gasteiger partial charge is 0.323 e. The van der Waals surface area contributed by atoms with E-state index in [1.165, 1.54) is 36.5 Å². The molecule has 0 bridgehead atoms. The second-order valence-corrected chi connectivity index (χ2v) is 5.77. The molecule has 0 radical (unpaired) electrons. The molecule has 0 fully saturated rings. The lowest BCUT2D eigenvalue weighted by Crippen LogP contribution is -2.26. The monoisotopic (exact) mass is 384 g/mol. The molecule has 9 heteroatoms. The third-order valence-electron chi connectivity index (χ3n) is 3.77. The fourth-order valence-electron chi connectivity index (χ4n) is 2.51. The first-order valence-electron chi connectivity index (χ1n) is 8.19. The summed E-state index contributed by atoms with van der Waals surface area (Å²) in [6.07, 6.45) is 4.40. The predicted molar refractivity (Wildman–Crippen MR) is 99.2 cm³/mol. The molecule has 3 aromatic rings. The maximum Gasteiger partial charge on any atom is 0.323 e. The van der Waals surface area contributed by atoms with Gasteiger partial charge in [0.05, 0.1) is 19.5 Å². The Balaban J connectivity index is 1.87. The van der Waals surface area contributed by atoms with Crippen molar-refractivity contribution in [3.63, 3.8) is 0 Å². The zero-order chi connectivity index (χ0) is 20.1. The topological polar surface area (TPSA) is 97.7 Å². The molecule has 0 saturated carbocycles. The summed E-state index contributed by atoms with van der Waals surface area (Å²) in [7, 11) is 3.02. The molecule has 0 aliphatic heterocycles. The highest BCUT2D eigenvalue weighted by atomic mass is 19.1. The average molecular weight is 384 g/mol. The van der Waals surface area contributed by atoms with E-state index in [1.807, 2.05) is 0 Å². The van der Waals surface area contributed by atoms with Gasteiger partial charge < -0.3 is 19.5 Å². The fraction of sp³-hybridized carbons (Fsp3) is 0.158. The summed E-state index contributed by atoms with van der Waals surface area (Å²) in [6, 6.07) is 7.69. The van der Waals surface area contributed by atoms with Gasteiger partial charge in [-0.1, -0.05) is 0 Å². The van der Waals surface area contributed by atoms with E-state index in [-0.39, 0.29) is 18.4 Å². The van der Waals surface area contributed by atoms with Crippen LogP contribution in [0.1, 0.15) is 0 Å². The Morgan fingerprint density at radius 1 is 1.18 bits per heavy atom. The molecule has 0 atom stereocenters. The number of aromatic nitrogens is 3. The fourth-order valence-corrected chi connectivity index (χ4v) is 2.51. The van der Waals surface area contributed by atoms with Crippen molar-refractivity contribution in [1.82, 2.24) is 15.0 Å². The van der Waals surface area contributed by atoms with E-state index in [4.69, 9.17) is 14.6 Å². The summed E-state index contributed by atoms with van der Waals surface area (Å²) in [4.78, 5) is 24.6. The maximum absolute atomic E-state index is 13.5. The van der Waals surface area contributed by atoms with Crippen LogP contribution in [0.15, 0.2) is 48.9 Å². The number of pyridine rings is 1. The number of hydrogen-bond acceptors (Lipinski definition) is 7. The molecule has 144 valence electrons. The van der Waals surface area contributed by atoms with Crippen LogP contribution in [0, 0.1) is 5.82 Å². The number of carboxylic acid groups (broad SMARTS) is 1. The van der Waals surface area contributed by atoms with Gasteiger partial charge in [-0.3, -0.25) is 4.79 Å². The van der Waals surface area contributed by atoms with Gasteiger partial charge in [0.1, 0.15) is 18.1 Å². The Morgan fingerprint density at radius 2 is 1.93 bits per heavy atom. The zero-order valence-corrected chi connectivity index (χ0v) is 15.2. The van der Waals surface area contributed by atoms with Crippen molar-refractivity contribution in [3.05, 3.63) is 54.7 Å². The summed E-state index contributed by atoms with van der Waals surface area (Å²) in [6.45, 7) is -0.227. The number of benzene rings is 1. The Bertz CT molecular complexity index is 982. The van der Waals surface area contributed by atoms with Gasteiger partial charge in [-0.05, 0) is 24.3 Å². The Labute approximate surface area is 160 Å². The van der Waals surface area contributed by atoms with Gasteiger partial charge in [-0.15, -0.1) is 0 Å². The molecule has 0 aliphatic carbocycles. The van der Waals surface area contributed by atoms with Gasteiger partial charge >= 0.3 is 5.97 Å². The van der Waals surface area contributed by atoms with Gasteiger partial charge in [0.25, 0.3) is 0 Å². The lowest BCUT2D eigenvalue weighted by Gasteiger charge is -2.15. The second kappa shape index (κ2) is 8.30. The number of anilines is 1. The van der Waals surface area contributed by atoms with Crippen LogP contribution in [-0.2, 0) is 4.79 Å². The molecule has 0 saturated heterocycles. The van der Waals surface area contributed by atoms with Gasteiger partial charge in [-0.25, -0.2) is 19.3 Å². The van der Waals surface area contributed by atoms with E-state index in [9.17, 15) is 9.18 Å². The number of rotatable bonds is 7. The second-order valence-electron chi connectivity index (χ2n) is 5.77. The molecule has 28 heavy (non-hydrogen) atoms. The summed E-state index contributed by atoms with van der Waals surface area (Å²) >= 11 is 0. The normalized spacial score (nSPS) is 10.4. The largest absolute Gasteiger partial charge is 0.496 e. The van der Waals surface area contributed by atoms with E-state index < -0.39 is 11.8 Å². The summed E-state index contributed by atoms with van der Waals surface area (Å²) in [5.41, 5.74) is 1.22. The number of halogens is 1. The van der Waals surface area contributed by atoms with Crippen LogP contribution in [0.4, 0.5) is 10.3 Å². The van der Waals surface area contributed by atoms with E-state index in [1.54, 1.807) is 31.4 Å². The van der Waals surface area contributed by atoms with Crippen molar-refractivity contribution in [2.24, 2.45) is 0 Å².